The Morgan fingerprint density at radius 3 is 2.57 bits per heavy atom. The lowest BCUT2D eigenvalue weighted by Crippen LogP contribution is -2.26. The summed E-state index contributed by atoms with van der Waals surface area (Å²) in [5, 5.41) is 0. The van der Waals surface area contributed by atoms with Crippen molar-refractivity contribution in [3.63, 3.8) is 0 Å². The maximum Gasteiger partial charge on any atom is 0.258 e. The smallest absolute Gasteiger partial charge is 0.258 e. The number of rotatable bonds is 6. The number of ether oxygens (including phenoxy) is 1. The van der Waals surface area contributed by atoms with Gasteiger partial charge in [-0.15, -0.1) is 0 Å². The molecule has 3 aromatic rings. The van der Waals surface area contributed by atoms with Gasteiger partial charge in [0.1, 0.15) is 12.4 Å². The van der Waals surface area contributed by atoms with Crippen LogP contribution >= 0.6 is 38.5 Å². The zero-order chi connectivity index (χ0) is 21.1. The van der Waals surface area contributed by atoms with Crippen LogP contribution < -0.4 is 9.64 Å². The number of anilines is 1. The topological polar surface area (TPSA) is 29.5 Å². The van der Waals surface area contributed by atoms with Crippen molar-refractivity contribution in [1.82, 2.24) is 0 Å². The highest BCUT2D eigenvalue weighted by Gasteiger charge is 2.31. The van der Waals surface area contributed by atoms with E-state index in [4.69, 9.17) is 4.74 Å². The van der Waals surface area contributed by atoms with Gasteiger partial charge in [-0.2, -0.15) is 0 Å². The van der Waals surface area contributed by atoms with Gasteiger partial charge in [-0.25, -0.2) is 0 Å². The first-order valence-electron chi connectivity index (χ1n) is 9.86. The maximum absolute atomic E-state index is 13.0. The Morgan fingerprint density at radius 1 is 1.07 bits per heavy atom. The van der Waals surface area contributed by atoms with Crippen LogP contribution in [0.2, 0.25) is 0 Å². The van der Waals surface area contributed by atoms with E-state index in [1.165, 1.54) is 3.57 Å². The molecule has 0 atom stereocenters. The average molecular weight is 574 g/mol. The maximum atomic E-state index is 13.0. The highest BCUT2D eigenvalue weighted by atomic mass is 127. The molecule has 1 aliphatic rings. The second-order valence-electron chi connectivity index (χ2n) is 7.14. The first kappa shape index (κ1) is 21.1. The summed E-state index contributed by atoms with van der Waals surface area (Å²) in [4.78, 5) is 14.9. The van der Waals surface area contributed by atoms with E-state index in [9.17, 15) is 4.79 Å². The van der Waals surface area contributed by atoms with Crippen molar-refractivity contribution in [3.05, 3.63) is 91.5 Å². The molecule has 0 saturated heterocycles. The Hall–Kier alpha value is -2.12. The monoisotopic (exact) mass is 573 g/mol. The zero-order valence-electron chi connectivity index (χ0n) is 16.6. The molecule has 0 radical (unpaired) electrons. The summed E-state index contributed by atoms with van der Waals surface area (Å²) >= 11 is 5.91. The molecule has 0 N–H and O–H groups in total. The van der Waals surface area contributed by atoms with Crippen molar-refractivity contribution in [2.24, 2.45) is 0 Å². The van der Waals surface area contributed by atoms with E-state index < -0.39 is 0 Å². The summed E-state index contributed by atoms with van der Waals surface area (Å²) < 4.78 is 8.04. The minimum absolute atomic E-state index is 0.0632. The predicted octanol–water partition coefficient (Wildman–Crippen LogP) is 6.93. The van der Waals surface area contributed by atoms with Crippen LogP contribution in [-0.2, 0) is 11.4 Å². The van der Waals surface area contributed by atoms with Crippen LogP contribution in [0.5, 0.6) is 5.75 Å². The van der Waals surface area contributed by atoms with Crippen LogP contribution in [0.1, 0.15) is 30.0 Å². The Bertz CT molecular complexity index is 1110. The first-order chi connectivity index (χ1) is 14.6. The van der Waals surface area contributed by atoms with Gasteiger partial charge in [0.15, 0.2) is 0 Å². The zero-order valence-corrected chi connectivity index (χ0v) is 20.3. The molecule has 3 nitrogen and oxygen atoms in total. The lowest BCUT2D eigenvalue weighted by Gasteiger charge is -2.15. The van der Waals surface area contributed by atoms with Gasteiger partial charge in [0.05, 0.1) is 10.2 Å². The SMILES string of the molecule is CCCN1C(=O)/C(=C\c2ccc(OCc3ccc(I)cc3)c(Br)c2)c2ccccc21. The molecule has 30 heavy (non-hydrogen) atoms. The summed E-state index contributed by atoms with van der Waals surface area (Å²) in [7, 11) is 0. The summed E-state index contributed by atoms with van der Waals surface area (Å²) in [6.07, 6.45) is 2.88. The number of hydrogen-bond acceptors (Lipinski definition) is 2. The molecule has 0 aromatic heterocycles. The number of benzene rings is 3. The molecule has 1 aliphatic heterocycles. The third kappa shape index (κ3) is 4.47. The summed E-state index contributed by atoms with van der Waals surface area (Å²) in [6, 6.07) is 22.2. The molecular formula is C25H21BrINO2. The number of nitrogens with zero attached hydrogens (tertiary/aromatic N) is 1. The van der Waals surface area contributed by atoms with E-state index in [1.807, 2.05) is 53.4 Å². The Labute approximate surface area is 199 Å². The number of fused-ring (bicyclic) bond motifs is 1. The number of para-hydroxylation sites is 1. The van der Waals surface area contributed by atoms with Gasteiger partial charge >= 0.3 is 0 Å². The van der Waals surface area contributed by atoms with Crippen molar-refractivity contribution in [1.29, 1.82) is 0 Å². The third-order valence-electron chi connectivity index (χ3n) is 4.98. The van der Waals surface area contributed by atoms with Gasteiger partial charge in [-0.3, -0.25) is 4.79 Å². The van der Waals surface area contributed by atoms with Crippen LogP contribution in [0.4, 0.5) is 5.69 Å². The number of hydrogen-bond donors (Lipinski definition) is 0. The molecule has 0 unspecified atom stereocenters. The van der Waals surface area contributed by atoms with Crippen LogP contribution in [0.15, 0.2) is 71.2 Å². The normalized spacial score (nSPS) is 14.3. The van der Waals surface area contributed by atoms with E-state index in [2.05, 4.69) is 69.7 Å². The van der Waals surface area contributed by atoms with Gasteiger partial charge in [-0.1, -0.05) is 43.3 Å². The minimum Gasteiger partial charge on any atom is -0.488 e. The van der Waals surface area contributed by atoms with Crippen molar-refractivity contribution >= 4 is 61.8 Å². The van der Waals surface area contributed by atoms with Crippen LogP contribution in [0.25, 0.3) is 11.6 Å². The second-order valence-corrected chi connectivity index (χ2v) is 9.24. The number of amides is 1. The van der Waals surface area contributed by atoms with Gasteiger partial charge in [0.25, 0.3) is 5.91 Å². The van der Waals surface area contributed by atoms with Crippen LogP contribution in [0, 0.1) is 3.57 Å². The van der Waals surface area contributed by atoms with Crippen molar-refractivity contribution in [2.75, 3.05) is 11.4 Å². The molecule has 5 heteroatoms. The molecule has 1 heterocycles. The van der Waals surface area contributed by atoms with E-state index in [-0.39, 0.29) is 5.91 Å². The fourth-order valence-corrected chi connectivity index (χ4v) is 4.39. The number of carbonyl (C=O) groups excluding carboxylic acids is 1. The number of halogens is 2. The van der Waals surface area contributed by atoms with Crippen molar-refractivity contribution in [2.45, 2.75) is 20.0 Å². The van der Waals surface area contributed by atoms with E-state index in [0.717, 1.165) is 51.1 Å². The van der Waals surface area contributed by atoms with Crippen molar-refractivity contribution < 1.29 is 9.53 Å². The Morgan fingerprint density at radius 2 is 1.83 bits per heavy atom. The fraction of sp³-hybridized carbons (Fsp3) is 0.160. The summed E-state index contributed by atoms with van der Waals surface area (Å²) in [6.45, 7) is 3.32. The molecule has 0 saturated carbocycles. The molecule has 4 rings (SSSR count). The van der Waals surface area contributed by atoms with Gasteiger partial charge < -0.3 is 9.64 Å². The third-order valence-corrected chi connectivity index (χ3v) is 6.32. The second kappa shape index (κ2) is 9.35. The van der Waals surface area contributed by atoms with Crippen LogP contribution in [0.3, 0.4) is 0 Å². The molecular weight excluding hydrogens is 553 g/mol. The summed E-state index contributed by atoms with van der Waals surface area (Å²) in [5.41, 5.74) is 4.80. The van der Waals surface area contributed by atoms with E-state index >= 15 is 0 Å². The average Bonchev–Trinajstić information content (AvgIpc) is 3.01. The minimum atomic E-state index is 0.0632. The quantitative estimate of drug-likeness (QED) is 0.236. The molecule has 0 spiro atoms. The molecule has 0 bridgehead atoms. The molecule has 0 fully saturated rings. The Balaban J connectivity index is 1.56. The van der Waals surface area contributed by atoms with Crippen molar-refractivity contribution in [3.8, 4) is 5.75 Å². The largest absolute Gasteiger partial charge is 0.488 e. The lowest BCUT2D eigenvalue weighted by atomic mass is 10.0. The number of carbonyl (C=O) groups is 1. The van der Waals surface area contributed by atoms with Gasteiger partial charge in [-0.05, 0) is 92.5 Å². The first-order valence-corrected chi connectivity index (χ1v) is 11.7. The molecule has 152 valence electrons. The molecule has 3 aromatic carbocycles. The summed E-state index contributed by atoms with van der Waals surface area (Å²) in [5.74, 6) is 0.842. The standard InChI is InChI=1S/C25H21BrINO2/c1-2-13-28-23-6-4-3-5-20(23)21(25(28)29)14-18-9-12-24(22(26)15-18)30-16-17-7-10-19(27)11-8-17/h3-12,14-15H,2,13,16H2,1H3/b21-14-. The lowest BCUT2D eigenvalue weighted by molar-refractivity contribution is -0.113. The molecule has 1 amide bonds. The van der Waals surface area contributed by atoms with Gasteiger partial charge in [0.2, 0.25) is 0 Å². The highest BCUT2D eigenvalue weighted by molar-refractivity contribution is 14.1. The highest BCUT2D eigenvalue weighted by Crippen LogP contribution is 2.38. The predicted molar refractivity (Wildman–Crippen MR) is 135 cm³/mol. The Kier molecular flexibility index (Phi) is 6.58. The van der Waals surface area contributed by atoms with E-state index in [0.29, 0.717) is 6.61 Å². The molecule has 0 aliphatic carbocycles. The van der Waals surface area contributed by atoms with Crippen LogP contribution in [-0.4, -0.2) is 12.5 Å². The fourth-order valence-electron chi connectivity index (χ4n) is 3.52. The van der Waals surface area contributed by atoms with Gasteiger partial charge in [0, 0.05) is 21.3 Å². The van der Waals surface area contributed by atoms with E-state index in [1.54, 1.807) is 0 Å².